The summed E-state index contributed by atoms with van der Waals surface area (Å²) in [5.41, 5.74) is 2.30. The molecule has 0 saturated heterocycles. The van der Waals surface area contributed by atoms with Crippen LogP contribution in [-0.4, -0.2) is 32.9 Å². The third-order valence-corrected chi connectivity index (χ3v) is 2.14. The van der Waals surface area contributed by atoms with Gasteiger partial charge in [-0.15, -0.1) is 0 Å². The van der Waals surface area contributed by atoms with E-state index in [0.717, 1.165) is 11.0 Å². The lowest BCUT2D eigenvalue weighted by Crippen LogP contribution is -2.06. The van der Waals surface area contributed by atoms with Gasteiger partial charge in [0.2, 0.25) is 0 Å². The standard InChI is InChI=1S/C12H12N2O2/c15-8-10(16)6-5-9-7-13-11-3-1-2-4-12(11)14-9/h1-7,10,15-16H,8H2/b6-5+/t10-/m0/s1. The second-order valence-corrected chi connectivity index (χ2v) is 3.39. The molecule has 1 heterocycles. The fourth-order valence-corrected chi connectivity index (χ4v) is 1.32. The molecule has 1 aromatic carbocycles. The van der Waals surface area contributed by atoms with E-state index in [0.29, 0.717) is 5.69 Å². The number of aromatic nitrogens is 2. The summed E-state index contributed by atoms with van der Waals surface area (Å²) in [6.07, 6.45) is 3.90. The Bertz CT molecular complexity index is 511. The van der Waals surface area contributed by atoms with Crippen LogP contribution in [0.1, 0.15) is 5.69 Å². The van der Waals surface area contributed by atoms with E-state index in [1.54, 1.807) is 12.3 Å². The predicted octanol–water partition coefficient (Wildman–Crippen LogP) is 0.996. The van der Waals surface area contributed by atoms with Gasteiger partial charge in [0.25, 0.3) is 0 Å². The van der Waals surface area contributed by atoms with E-state index < -0.39 is 6.10 Å². The minimum atomic E-state index is -0.853. The van der Waals surface area contributed by atoms with Crippen molar-refractivity contribution in [2.45, 2.75) is 6.10 Å². The van der Waals surface area contributed by atoms with Crippen molar-refractivity contribution in [3.05, 3.63) is 42.2 Å². The summed E-state index contributed by atoms with van der Waals surface area (Å²) in [7, 11) is 0. The van der Waals surface area contributed by atoms with Gasteiger partial charge in [-0.1, -0.05) is 18.2 Å². The maximum Gasteiger partial charge on any atom is 0.0955 e. The molecule has 2 N–H and O–H groups in total. The molecule has 2 rings (SSSR count). The lowest BCUT2D eigenvalue weighted by atomic mass is 10.2. The van der Waals surface area contributed by atoms with Gasteiger partial charge in [-0.25, -0.2) is 4.98 Å². The normalized spacial score (nSPS) is 13.4. The summed E-state index contributed by atoms with van der Waals surface area (Å²) < 4.78 is 0. The Morgan fingerprint density at radius 1 is 1.25 bits per heavy atom. The Hall–Kier alpha value is -1.78. The number of benzene rings is 1. The zero-order valence-electron chi connectivity index (χ0n) is 8.61. The molecule has 16 heavy (non-hydrogen) atoms. The Labute approximate surface area is 92.9 Å². The second-order valence-electron chi connectivity index (χ2n) is 3.39. The van der Waals surface area contributed by atoms with E-state index in [2.05, 4.69) is 9.97 Å². The minimum Gasteiger partial charge on any atom is -0.393 e. The first-order valence-corrected chi connectivity index (χ1v) is 4.98. The van der Waals surface area contributed by atoms with Gasteiger partial charge >= 0.3 is 0 Å². The number of para-hydroxylation sites is 2. The number of nitrogens with zero attached hydrogens (tertiary/aromatic N) is 2. The first-order chi connectivity index (χ1) is 7.79. The molecule has 4 heteroatoms. The number of fused-ring (bicyclic) bond motifs is 1. The molecular weight excluding hydrogens is 204 g/mol. The molecule has 0 bridgehead atoms. The third kappa shape index (κ3) is 2.42. The fourth-order valence-electron chi connectivity index (χ4n) is 1.32. The molecule has 0 spiro atoms. The minimum absolute atomic E-state index is 0.294. The van der Waals surface area contributed by atoms with Gasteiger partial charge in [-0.2, -0.15) is 0 Å². The van der Waals surface area contributed by atoms with Gasteiger partial charge in [0, 0.05) is 0 Å². The number of aliphatic hydroxyl groups is 2. The molecular formula is C12H12N2O2. The quantitative estimate of drug-likeness (QED) is 0.803. The van der Waals surface area contributed by atoms with Crippen LogP contribution >= 0.6 is 0 Å². The van der Waals surface area contributed by atoms with Gasteiger partial charge in [0.05, 0.1) is 35.6 Å². The molecule has 4 nitrogen and oxygen atoms in total. The Morgan fingerprint density at radius 3 is 2.75 bits per heavy atom. The van der Waals surface area contributed by atoms with Crippen molar-refractivity contribution in [1.82, 2.24) is 9.97 Å². The van der Waals surface area contributed by atoms with Crippen molar-refractivity contribution in [2.75, 3.05) is 6.61 Å². The number of hydrogen-bond acceptors (Lipinski definition) is 4. The summed E-state index contributed by atoms with van der Waals surface area (Å²) in [5.74, 6) is 0. The molecule has 0 saturated carbocycles. The van der Waals surface area contributed by atoms with Crippen molar-refractivity contribution < 1.29 is 10.2 Å². The lowest BCUT2D eigenvalue weighted by molar-refractivity contribution is 0.131. The van der Waals surface area contributed by atoms with E-state index in [4.69, 9.17) is 10.2 Å². The van der Waals surface area contributed by atoms with E-state index in [1.807, 2.05) is 24.3 Å². The third-order valence-electron chi connectivity index (χ3n) is 2.14. The topological polar surface area (TPSA) is 66.2 Å². The first-order valence-electron chi connectivity index (χ1n) is 4.98. The molecule has 0 amide bonds. The van der Waals surface area contributed by atoms with Gasteiger partial charge in [0.15, 0.2) is 0 Å². The maximum atomic E-state index is 9.15. The van der Waals surface area contributed by atoms with Crippen LogP contribution in [-0.2, 0) is 0 Å². The summed E-state index contributed by atoms with van der Waals surface area (Å²) >= 11 is 0. The van der Waals surface area contributed by atoms with Crippen LogP contribution in [0.5, 0.6) is 0 Å². The zero-order valence-corrected chi connectivity index (χ0v) is 8.61. The monoisotopic (exact) mass is 216 g/mol. The summed E-state index contributed by atoms with van der Waals surface area (Å²) in [6.45, 7) is -0.294. The molecule has 82 valence electrons. The van der Waals surface area contributed by atoms with Gasteiger partial charge in [-0.3, -0.25) is 4.98 Å². The molecule has 0 aliphatic carbocycles. The van der Waals surface area contributed by atoms with Crippen LogP contribution in [0.2, 0.25) is 0 Å². The van der Waals surface area contributed by atoms with Gasteiger partial charge < -0.3 is 10.2 Å². The zero-order chi connectivity index (χ0) is 11.4. The first kappa shape index (κ1) is 10.7. The van der Waals surface area contributed by atoms with Crippen molar-refractivity contribution in [3.63, 3.8) is 0 Å². The Balaban J connectivity index is 2.29. The van der Waals surface area contributed by atoms with E-state index in [1.165, 1.54) is 6.08 Å². The average Bonchev–Trinajstić information content (AvgIpc) is 2.35. The van der Waals surface area contributed by atoms with Crippen LogP contribution in [0.25, 0.3) is 17.1 Å². The van der Waals surface area contributed by atoms with E-state index >= 15 is 0 Å². The van der Waals surface area contributed by atoms with Crippen molar-refractivity contribution in [3.8, 4) is 0 Å². The molecule has 2 aromatic rings. The highest BCUT2D eigenvalue weighted by Gasteiger charge is 1.97. The highest BCUT2D eigenvalue weighted by atomic mass is 16.3. The van der Waals surface area contributed by atoms with Crippen LogP contribution in [0, 0.1) is 0 Å². The van der Waals surface area contributed by atoms with E-state index in [9.17, 15) is 0 Å². The summed E-state index contributed by atoms with van der Waals surface area (Å²) in [6, 6.07) is 7.57. The van der Waals surface area contributed by atoms with Crippen LogP contribution in [0.3, 0.4) is 0 Å². The summed E-state index contributed by atoms with van der Waals surface area (Å²) in [5, 5.41) is 17.8. The highest BCUT2D eigenvalue weighted by molar-refractivity contribution is 5.74. The number of aliphatic hydroxyl groups excluding tert-OH is 2. The smallest absolute Gasteiger partial charge is 0.0955 e. The van der Waals surface area contributed by atoms with Crippen molar-refractivity contribution >= 4 is 17.1 Å². The molecule has 0 aliphatic heterocycles. The molecule has 1 aromatic heterocycles. The largest absolute Gasteiger partial charge is 0.393 e. The average molecular weight is 216 g/mol. The maximum absolute atomic E-state index is 9.15. The van der Waals surface area contributed by atoms with E-state index in [-0.39, 0.29) is 6.61 Å². The Kier molecular flexibility index (Phi) is 3.24. The van der Waals surface area contributed by atoms with Crippen molar-refractivity contribution in [2.24, 2.45) is 0 Å². The molecule has 0 radical (unpaired) electrons. The second kappa shape index (κ2) is 4.83. The lowest BCUT2D eigenvalue weighted by Gasteiger charge is -1.99. The predicted molar refractivity (Wildman–Crippen MR) is 61.7 cm³/mol. The van der Waals surface area contributed by atoms with Crippen LogP contribution < -0.4 is 0 Å². The number of rotatable bonds is 3. The molecule has 1 atom stereocenters. The SMILES string of the molecule is OC[C@@H](O)/C=C/c1cnc2ccccc2n1. The summed E-state index contributed by atoms with van der Waals surface area (Å²) in [4.78, 5) is 8.57. The number of hydrogen-bond donors (Lipinski definition) is 2. The fraction of sp³-hybridized carbons (Fsp3) is 0.167. The van der Waals surface area contributed by atoms with Crippen LogP contribution in [0.4, 0.5) is 0 Å². The molecule has 0 aliphatic rings. The molecule has 0 unspecified atom stereocenters. The van der Waals surface area contributed by atoms with Crippen molar-refractivity contribution in [1.29, 1.82) is 0 Å². The Morgan fingerprint density at radius 2 is 2.00 bits per heavy atom. The van der Waals surface area contributed by atoms with Crippen LogP contribution in [0.15, 0.2) is 36.5 Å². The molecule has 0 fully saturated rings. The van der Waals surface area contributed by atoms with Gasteiger partial charge in [0.1, 0.15) is 0 Å². The highest BCUT2D eigenvalue weighted by Crippen LogP contribution is 2.09. The van der Waals surface area contributed by atoms with Gasteiger partial charge in [-0.05, 0) is 18.2 Å².